The Morgan fingerprint density at radius 1 is 1.24 bits per heavy atom. The van der Waals surface area contributed by atoms with Gasteiger partial charge >= 0.3 is 12.1 Å². The van der Waals surface area contributed by atoms with Crippen molar-refractivity contribution in [2.75, 3.05) is 13.7 Å². The summed E-state index contributed by atoms with van der Waals surface area (Å²) in [5, 5.41) is -0.386. The lowest BCUT2D eigenvalue weighted by atomic mass is 9.70. The van der Waals surface area contributed by atoms with Crippen LogP contribution in [0, 0.1) is 17.3 Å². The third-order valence-corrected chi connectivity index (χ3v) is 11.3. The number of thiazole rings is 1. The van der Waals surface area contributed by atoms with Gasteiger partial charge in [0.05, 0.1) is 23.2 Å². The molecule has 3 atom stereocenters. The number of carbonyl (C=O) groups excluding carboxylic acids is 3. The summed E-state index contributed by atoms with van der Waals surface area (Å²) in [6, 6.07) is 7.93. The van der Waals surface area contributed by atoms with Crippen molar-refractivity contribution in [2.24, 2.45) is 17.3 Å². The first-order chi connectivity index (χ1) is 17.9. The molecule has 0 spiro atoms. The molecule has 1 aromatic heterocycles. The van der Waals surface area contributed by atoms with Gasteiger partial charge in [0.25, 0.3) is 0 Å². The van der Waals surface area contributed by atoms with Gasteiger partial charge in [0, 0.05) is 12.5 Å². The van der Waals surface area contributed by atoms with Crippen molar-refractivity contribution in [2.45, 2.75) is 63.8 Å². The fourth-order valence-corrected chi connectivity index (χ4v) is 8.84. The van der Waals surface area contributed by atoms with Crippen LogP contribution in [0.25, 0.3) is 10.2 Å². The Kier molecular flexibility index (Phi) is 10.5. The van der Waals surface area contributed by atoms with Crippen LogP contribution in [0.3, 0.4) is 0 Å². The quantitative estimate of drug-likeness (QED) is 0.0763. The van der Waals surface area contributed by atoms with Crippen molar-refractivity contribution in [1.82, 2.24) is 9.88 Å². The van der Waals surface area contributed by atoms with E-state index in [4.69, 9.17) is 14.1 Å². The van der Waals surface area contributed by atoms with Crippen LogP contribution in [0.2, 0.25) is 13.1 Å². The largest absolute Gasteiger partial charge is 0.516 e. The molecule has 8 nitrogen and oxygen atoms in total. The third-order valence-electron chi connectivity index (χ3n) is 6.44. The number of benzene rings is 1. The molecule has 0 saturated carbocycles. The van der Waals surface area contributed by atoms with E-state index in [1.165, 1.54) is 26.5 Å². The zero-order valence-corrected chi connectivity index (χ0v) is 26.7. The molecule has 1 aromatic carbocycles. The van der Waals surface area contributed by atoms with E-state index in [9.17, 15) is 14.4 Å². The highest BCUT2D eigenvalue weighted by Gasteiger charge is 2.57. The molecule has 12 heteroatoms. The molecular formula is C26H36N2O6S3Si. The number of methoxy groups -OCH3 is 1. The van der Waals surface area contributed by atoms with Crippen LogP contribution in [0.15, 0.2) is 39.9 Å². The van der Waals surface area contributed by atoms with Crippen molar-refractivity contribution >= 4 is 70.2 Å². The average molecular weight is 597 g/mol. The van der Waals surface area contributed by atoms with E-state index in [1.54, 1.807) is 18.3 Å². The minimum Gasteiger partial charge on any atom is -0.437 e. The SMILES string of the molecule is CCC(C)=C(C(=O)OC(=O)OC)N1C(=O)[C@H]([C@@H](CO[SiH](C)C)C(C)(C)C)[C@H]1SSc1nc2ccccc2s1. The van der Waals surface area contributed by atoms with Crippen molar-refractivity contribution in [3.63, 3.8) is 0 Å². The summed E-state index contributed by atoms with van der Waals surface area (Å²) in [6.45, 7) is 14.7. The summed E-state index contributed by atoms with van der Waals surface area (Å²) >= 11 is 1.59. The summed E-state index contributed by atoms with van der Waals surface area (Å²) in [5.41, 5.74) is 1.45. The van der Waals surface area contributed by atoms with Crippen molar-refractivity contribution < 1.29 is 28.3 Å². The van der Waals surface area contributed by atoms with Gasteiger partial charge in [-0.25, -0.2) is 14.6 Å². The van der Waals surface area contributed by atoms with Crippen LogP contribution >= 0.6 is 32.9 Å². The number of β-lactam (4-membered cyclic amide) rings is 1. The molecule has 1 amide bonds. The van der Waals surface area contributed by atoms with E-state index in [2.05, 4.69) is 38.6 Å². The molecule has 1 aliphatic heterocycles. The lowest BCUT2D eigenvalue weighted by Crippen LogP contribution is -2.64. The number of hydrogen-bond donors (Lipinski definition) is 0. The monoisotopic (exact) mass is 596 g/mol. The molecule has 0 unspecified atom stereocenters. The number of esters is 1. The molecular weight excluding hydrogens is 561 g/mol. The van der Waals surface area contributed by atoms with Gasteiger partial charge in [-0.1, -0.05) is 50.6 Å². The molecule has 0 aliphatic carbocycles. The Hall–Kier alpha value is -1.86. The Balaban J connectivity index is 1.99. The smallest absolute Gasteiger partial charge is 0.437 e. The minimum atomic E-state index is -1.32. The molecule has 2 aromatic rings. The summed E-state index contributed by atoms with van der Waals surface area (Å²) in [7, 11) is 2.80. The highest BCUT2D eigenvalue weighted by Crippen LogP contribution is 2.53. The third kappa shape index (κ3) is 7.01. The molecule has 1 saturated heterocycles. The number of aromatic nitrogens is 1. The number of carbonyl (C=O) groups is 3. The van der Waals surface area contributed by atoms with Crippen LogP contribution in [0.1, 0.15) is 41.0 Å². The van der Waals surface area contributed by atoms with Crippen LogP contribution in [0.4, 0.5) is 4.79 Å². The number of allylic oxidation sites excluding steroid dienone is 1. The molecule has 3 rings (SSSR count). The predicted octanol–water partition coefficient (Wildman–Crippen LogP) is 6.48. The predicted molar refractivity (Wildman–Crippen MR) is 156 cm³/mol. The number of rotatable bonds is 10. The second-order valence-corrected chi connectivity index (χ2v) is 16.5. The Morgan fingerprint density at radius 2 is 1.92 bits per heavy atom. The van der Waals surface area contributed by atoms with Crippen LogP contribution < -0.4 is 0 Å². The normalized spacial score (nSPS) is 19.3. The molecule has 0 bridgehead atoms. The summed E-state index contributed by atoms with van der Waals surface area (Å²) in [5.74, 6) is -1.53. The number of hydrogen-bond acceptors (Lipinski definition) is 10. The summed E-state index contributed by atoms with van der Waals surface area (Å²) in [4.78, 5) is 44.9. The van der Waals surface area contributed by atoms with Gasteiger partial charge in [-0.3, -0.25) is 9.69 Å². The van der Waals surface area contributed by atoms with Crippen LogP contribution in [-0.4, -0.2) is 56.0 Å². The van der Waals surface area contributed by atoms with Gasteiger partial charge in [-0.2, -0.15) is 0 Å². The Labute approximate surface area is 238 Å². The average Bonchev–Trinajstić information content (AvgIpc) is 3.27. The lowest BCUT2D eigenvalue weighted by Gasteiger charge is -2.52. The molecule has 1 aliphatic rings. The topological polar surface area (TPSA) is 95.0 Å². The number of para-hydroxylation sites is 1. The zero-order chi connectivity index (χ0) is 28.2. The maximum absolute atomic E-state index is 13.9. The van der Waals surface area contributed by atoms with E-state index in [0.29, 0.717) is 18.6 Å². The number of likely N-dealkylation sites (tertiary alicyclic amines) is 1. The first-order valence-electron chi connectivity index (χ1n) is 12.5. The molecule has 208 valence electrons. The van der Waals surface area contributed by atoms with E-state index in [0.717, 1.165) is 21.7 Å². The highest BCUT2D eigenvalue weighted by molar-refractivity contribution is 8.77. The Morgan fingerprint density at radius 3 is 2.50 bits per heavy atom. The first kappa shape index (κ1) is 30.7. The highest BCUT2D eigenvalue weighted by atomic mass is 33.1. The van der Waals surface area contributed by atoms with Crippen molar-refractivity contribution in [1.29, 1.82) is 0 Å². The van der Waals surface area contributed by atoms with Gasteiger partial charge in [-0.05, 0) is 60.4 Å². The molecule has 2 heterocycles. The van der Waals surface area contributed by atoms with Crippen molar-refractivity contribution in [3.8, 4) is 0 Å². The number of amides is 1. The molecule has 38 heavy (non-hydrogen) atoms. The standard InChI is InChI=1S/C26H36N2O6S3Si/c1-9-15(2)20(23(30)34-25(31)32-6)28-21(29)19(16(26(3,4)5)14-33-38(7)8)22(28)36-37-24-27-17-12-10-11-13-18(17)35-24/h10-13,16,19,22,38H,9,14H2,1-8H3/t16-,19+,22-/m1/s1. The van der Waals surface area contributed by atoms with Crippen LogP contribution in [-0.2, 0) is 23.5 Å². The number of fused-ring (bicyclic) bond motifs is 1. The Bertz CT molecular complexity index is 1180. The van der Waals surface area contributed by atoms with Gasteiger partial charge in [0.2, 0.25) is 5.91 Å². The van der Waals surface area contributed by atoms with Gasteiger partial charge in [0.15, 0.2) is 13.4 Å². The maximum Gasteiger partial charge on any atom is 0.516 e. The maximum atomic E-state index is 13.9. The van der Waals surface area contributed by atoms with E-state index < -0.39 is 21.2 Å². The summed E-state index contributed by atoms with van der Waals surface area (Å²) < 4.78 is 17.5. The second kappa shape index (κ2) is 13.0. The molecule has 0 radical (unpaired) electrons. The van der Waals surface area contributed by atoms with Gasteiger partial charge in [-0.15, -0.1) is 11.3 Å². The molecule has 1 fully saturated rings. The van der Waals surface area contributed by atoms with Crippen molar-refractivity contribution in [3.05, 3.63) is 35.5 Å². The summed E-state index contributed by atoms with van der Waals surface area (Å²) in [6.07, 6.45) is -0.607. The minimum absolute atomic E-state index is 0.0746. The fourth-order valence-electron chi connectivity index (χ4n) is 4.17. The van der Waals surface area contributed by atoms with Gasteiger partial charge in [0.1, 0.15) is 11.1 Å². The number of ether oxygens (including phenoxy) is 2. The van der Waals surface area contributed by atoms with E-state index in [1.807, 2.05) is 31.2 Å². The number of nitrogens with zero attached hydrogens (tertiary/aromatic N) is 2. The molecule has 0 N–H and O–H groups in total. The van der Waals surface area contributed by atoms with Gasteiger partial charge < -0.3 is 13.9 Å². The fraction of sp³-hybridized carbons (Fsp3) is 0.538. The second-order valence-electron chi connectivity index (χ2n) is 10.4. The first-order valence-corrected chi connectivity index (χ1v) is 18.3. The van der Waals surface area contributed by atoms with E-state index in [-0.39, 0.29) is 34.2 Å². The lowest BCUT2D eigenvalue weighted by molar-refractivity contribution is -0.159. The zero-order valence-electron chi connectivity index (χ0n) is 23.1. The van der Waals surface area contributed by atoms with Crippen LogP contribution in [0.5, 0.6) is 0 Å². The van der Waals surface area contributed by atoms with E-state index >= 15 is 0 Å².